The van der Waals surface area contributed by atoms with Crippen LogP contribution >= 0.6 is 0 Å². The van der Waals surface area contributed by atoms with Crippen LogP contribution in [0, 0.1) is 5.92 Å². The van der Waals surface area contributed by atoms with Gasteiger partial charge in [-0.25, -0.2) is 14.6 Å². The largest absolute Gasteiger partial charge is 0.424 e. The van der Waals surface area contributed by atoms with E-state index in [1.807, 2.05) is 27.8 Å². The molecule has 0 unspecified atom stereocenters. The van der Waals surface area contributed by atoms with Crippen LogP contribution in [0.3, 0.4) is 0 Å². The van der Waals surface area contributed by atoms with Gasteiger partial charge in [-0.2, -0.15) is 10.1 Å². The smallest absolute Gasteiger partial charge is 0.292 e. The first-order valence-corrected chi connectivity index (χ1v) is 19.5. The molecular weight excluding hydrogens is 685 g/mol. The van der Waals surface area contributed by atoms with Gasteiger partial charge in [0, 0.05) is 50.3 Å². The summed E-state index contributed by atoms with van der Waals surface area (Å²) in [6.07, 6.45) is 8.69. The van der Waals surface area contributed by atoms with Crippen molar-refractivity contribution in [1.29, 1.82) is 0 Å². The summed E-state index contributed by atoms with van der Waals surface area (Å²) < 4.78 is 12.9. The summed E-state index contributed by atoms with van der Waals surface area (Å²) in [5.74, 6) is 0.913. The number of rotatable bonds is 11. The summed E-state index contributed by atoms with van der Waals surface area (Å²) in [6, 6.07) is 12.7. The van der Waals surface area contributed by atoms with Crippen LogP contribution in [0.4, 0.5) is 11.8 Å². The van der Waals surface area contributed by atoms with Crippen LogP contribution in [0.2, 0.25) is 0 Å². The number of nitrogen functional groups attached to an aromatic ring is 2. The summed E-state index contributed by atoms with van der Waals surface area (Å²) in [5, 5.41) is 5.64. The van der Waals surface area contributed by atoms with Crippen molar-refractivity contribution in [3.8, 4) is 11.3 Å². The van der Waals surface area contributed by atoms with E-state index in [9.17, 15) is 9.59 Å². The molecular formula is C40H50N10O4. The molecule has 0 bridgehead atoms. The highest BCUT2D eigenvalue weighted by molar-refractivity contribution is 5.99. The highest BCUT2D eigenvalue weighted by Gasteiger charge is 2.34. The monoisotopic (exact) mass is 734 g/mol. The fraction of sp³-hybridized carbons (Fsp3) is 0.500. The van der Waals surface area contributed by atoms with Crippen LogP contribution in [-0.4, -0.2) is 103 Å². The number of nitrogens with two attached hydrogens (primary N) is 2. The van der Waals surface area contributed by atoms with E-state index in [0.717, 1.165) is 95.4 Å². The Labute approximate surface area is 314 Å². The number of likely N-dealkylation sites (tertiary alicyclic amines) is 2. The Hall–Kier alpha value is -5.08. The molecule has 0 atom stereocenters. The summed E-state index contributed by atoms with van der Waals surface area (Å²) in [6.45, 7) is 8.76. The van der Waals surface area contributed by atoms with Crippen molar-refractivity contribution in [3.63, 3.8) is 0 Å². The van der Waals surface area contributed by atoms with Crippen molar-refractivity contribution >= 4 is 45.8 Å². The van der Waals surface area contributed by atoms with Crippen molar-refractivity contribution in [2.24, 2.45) is 5.92 Å². The zero-order chi connectivity index (χ0) is 37.2. The number of unbranched alkanes of at least 4 members (excludes halogenated alkanes) is 1. The number of benzene rings is 2. The highest BCUT2D eigenvalue weighted by Crippen LogP contribution is 2.33. The van der Waals surface area contributed by atoms with Crippen LogP contribution < -0.4 is 11.5 Å². The van der Waals surface area contributed by atoms with Gasteiger partial charge in [0.2, 0.25) is 11.8 Å². The van der Waals surface area contributed by atoms with Gasteiger partial charge in [0.25, 0.3) is 6.01 Å². The van der Waals surface area contributed by atoms with Crippen molar-refractivity contribution in [3.05, 3.63) is 59.4 Å². The van der Waals surface area contributed by atoms with E-state index < -0.39 is 0 Å². The maximum Gasteiger partial charge on any atom is 0.292 e. The number of fused-ring (bicyclic) bond motifs is 3. The minimum atomic E-state index is 0.0653. The van der Waals surface area contributed by atoms with Gasteiger partial charge in [0.15, 0.2) is 11.2 Å². The SMILES string of the molecule is CCCCOCCC(=O)N1CCC(N2CCC(C(=O)N3CCc4cc(Cn5nc(-c6ccc7oc(N)nc7c6)c6c(N)ncnc65)ccc4C3)CC2)CC1. The lowest BCUT2D eigenvalue weighted by molar-refractivity contribution is -0.139. The normalized spacial score (nSPS) is 17.4. The standard InChI is InChI=1S/C40H50N10O4/c1-2-3-19-53-20-13-34(51)48-17-11-31(12-18-48)47-14-8-27(9-15-47)39(52)49-16-10-28-21-26(4-5-30(28)24-49)23-50-38-35(37(41)43-25-44-38)36(46-50)29-6-7-33-32(22-29)45-40(42)54-33/h4-7,21-22,25,27,31H,2-3,8-20,23-24H2,1H3,(H2,42,45)(H2,41,43,44). The summed E-state index contributed by atoms with van der Waals surface area (Å²) in [4.78, 5) is 46.1. The number of aromatic nitrogens is 5. The number of carbonyl (C=O) groups excluding carboxylic acids is 2. The summed E-state index contributed by atoms with van der Waals surface area (Å²) >= 11 is 0. The molecule has 0 radical (unpaired) electrons. The zero-order valence-electron chi connectivity index (χ0n) is 31.1. The minimum Gasteiger partial charge on any atom is -0.424 e. The molecule has 2 amide bonds. The second kappa shape index (κ2) is 15.7. The Bertz CT molecular complexity index is 2130. The van der Waals surface area contributed by atoms with Gasteiger partial charge in [-0.1, -0.05) is 31.5 Å². The first kappa shape index (κ1) is 35.9. The van der Waals surface area contributed by atoms with Crippen LogP contribution in [0.15, 0.2) is 47.1 Å². The third kappa shape index (κ3) is 7.49. The maximum atomic E-state index is 13.8. The van der Waals surface area contributed by atoms with Gasteiger partial charge < -0.3 is 35.3 Å². The number of ether oxygens (including phenoxy) is 1. The van der Waals surface area contributed by atoms with Crippen molar-refractivity contribution in [1.82, 2.24) is 39.4 Å². The number of nitrogens with zero attached hydrogens (tertiary/aromatic N) is 8. The second-order valence-electron chi connectivity index (χ2n) is 14.9. The molecule has 54 heavy (non-hydrogen) atoms. The lowest BCUT2D eigenvalue weighted by atomic mass is 9.90. The van der Waals surface area contributed by atoms with E-state index in [0.29, 0.717) is 65.8 Å². The third-order valence-corrected chi connectivity index (χ3v) is 11.5. The first-order valence-electron chi connectivity index (χ1n) is 19.5. The van der Waals surface area contributed by atoms with Crippen molar-refractivity contribution < 1.29 is 18.7 Å². The van der Waals surface area contributed by atoms with Crippen LogP contribution in [0.25, 0.3) is 33.4 Å². The quantitative estimate of drug-likeness (QED) is 0.181. The first-order chi connectivity index (χ1) is 26.3. The molecule has 4 N–H and O–H groups in total. The Morgan fingerprint density at radius 2 is 1.76 bits per heavy atom. The Morgan fingerprint density at radius 3 is 2.57 bits per heavy atom. The second-order valence-corrected chi connectivity index (χ2v) is 14.9. The van der Waals surface area contributed by atoms with Crippen LogP contribution in [0.1, 0.15) is 68.6 Å². The molecule has 0 spiro atoms. The maximum absolute atomic E-state index is 13.8. The van der Waals surface area contributed by atoms with E-state index in [2.05, 4.69) is 49.9 Å². The molecule has 2 fully saturated rings. The minimum absolute atomic E-state index is 0.0653. The summed E-state index contributed by atoms with van der Waals surface area (Å²) in [5.41, 5.74) is 19.1. The molecule has 3 aliphatic rings. The third-order valence-electron chi connectivity index (χ3n) is 11.5. The van der Waals surface area contributed by atoms with Gasteiger partial charge in [0.05, 0.1) is 25.0 Å². The molecule has 3 aliphatic heterocycles. The molecule has 2 saturated heterocycles. The fourth-order valence-corrected chi connectivity index (χ4v) is 8.42. The predicted molar refractivity (Wildman–Crippen MR) is 206 cm³/mol. The number of amides is 2. The molecule has 6 heterocycles. The van der Waals surface area contributed by atoms with E-state index >= 15 is 0 Å². The fourth-order valence-electron chi connectivity index (χ4n) is 8.42. The average Bonchev–Trinajstić information content (AvgIpc) is 3.77. The molecule has 0 aliphatic carbocycles. The van der Waals surface area contributed by atoms with Crippen molar-refractivity contribution in [2.45, 2.75) is 77.4 Å². The molecule has 284 valence electrons. The van der Waals surface area contributed by atoms with Crippen molar-refractivity contribution in [2.75, 3.05) is 57.4 Å². The molecule has 14 heteroatoms. The molecule has 0 saturated carbocycles. The van der Waals surface area contributed by atoms with Gasteiger partial charge in [-0.15, -0.1) is 0 Å². The lowest BCUT2D eigenvalue weighted by Gasteiger charge is -2.42. The topological polar surface area (TPSA) is 175 Å². The highest BCUT2D eigenvalue weighted by atomic mass is 16.5. The average molecular weight is 735 g/mol. The van der Waals surface area contributed by atoms with E-state index in [1.165, 1.54) is 17.5 Å². The number of piperidine rings is 2. The molecule has 2 aromatic carbocycles. The van der Waals surface area contributed by atoms with E-state index in [-0.39, 0.29) is 23.7 Å². The Balaban J connectivity index is 0.854. The van der Waals surface area contributed by atoms with Gasteiger partial charge in [0.1, 0.15) is 23.4 Å². The summed E-state index contributed by atoms with van der Waals surface area (Å²) in [7, 11) is 0. The predicted octanol–water partition coefficient (Wildman–Crippen LogP) is 4.64. The van der Waals surface area contributed by atoms with Gasteiger partial charge in [-0.3, -0.25) is 9.59 Å². The number of hydrogen-bond donors (Lipinski definition) is 2. The number of hydrogen-bond acceptors (Lipinski definition) is 11. The zero-order valence-corrected chi connectivity index (χ0v) is 31.1. The Kier molecular flexibility index (Phi) is 10.5. The molecule has 8 rings (SSSR count). The Morgan fingerprint density at radius 1 is 0.926 bits per heavy atom. The van der Waals surface area contributed by atoms with Crippen LogP contribution in [-0.2, 0) is 33.8 Å². The van der Waals surface area contributed by atoms with E-state index in [1.54, 1.807) is 0 Å². The number of carbonyl (C=O) groups is 2. The molecule has 14 nitrogen and oxygen atoms in total. The lowest BCUT2D eigenvalue weighted by Crippen LogP contribution is -2.50. The number of oxazole rings is 1. The van der Waals surface area contributed by atoms with Gasteiger partial charge in [-0.05, 0) is 86.5 Å². The van der Waals surface area contributed by atoms with Gasteiger partial charge >= 0.3 is 0 Å². The van der Waals surface area contributed by atoms with E-state index in [4.69, 9.17) is 25.7 Å². The molecule has 3 aromatic heterocycles. The molecule has 5 aromatic rings. The number of anilines is 2. The van der Waals surface area contributed by atoms with Crippen LogP contribution in [0.5, 0.6) is 0 Å².